The number of allylic oxidation sites excluding steroid dienone is 2. The molecule has 0 aromatic carbocycles. The van der Waals surface area contributed by atoms with E-state index in [2.05, 4.69) is 0 Å². The zero-order valence-corrected chi connectivity index (χ0v) is 9.92. The minimum Gasteiger partial charge on any atom is -0.481 e. The molecule has 96 valence electrons. The van der Waals surface area contributed by atoms with Crippen LogP contribution in [-0.4, -0.2) is 28.6 Å². The van der Waals surface area contributed by atoms with Crippen LogP contribution in [0.3, 0.4) is 0 Å². The quantitative estimate of drug-likeness (QED) is 0.404. The van der Waals surface area contributed by atoms with E-state index in [1.807, 2.05) is 12.2 Å². The molecule has 0 amide bonds. The maximum absolute atomic E-state index is 10.8. The summed E-state index contributed by atoms with van der Waals surface area (Å²) in [7, 11) is 0. The SMILES string of the molecule is O=C[C@H]1CC[C@@H](O)[C@H]1C/C=C\CCCC(=O)O. The molecule has 3 atom stereocenters. The molecule has 4 heteroatoms. The maximum atomic E-state index is 10.8. The van der Waals surface area contributed by atoms with Gasteiger partial charge in [0.1, 0.15) is 6.29 Å². The van der Waals surface area contributed by atoms with E-state index in [4.69, 9.17) is 5.11 Å². The van der Waals surface area contributed by atoms with Gasteiger partial charge in [-0.15, -0.1) is 0 Å². The van der Waals surface area contributed by atoms with Gasteiger partial charge in [-0.05, 0) is 38.0 Å². The number of carboxylic acid groups (broad SMARTS) is 1. The number of hydrogen-bond acceptors (Lipinski definition) is 3. The van der Waals surface area contributed by atoms with E-state index in [0.29, 0.717) is 19.3 Å². The first kappa shape index (κ1) is 13.9. The average molecular weight is 240 g/mol. The van der Waals surface area contributed by atoms with Crippen molar-refractivity contribution >= 4 is 12.3 Å². The Labute approximate surface area is 101 Å². The molecule has 0 saturated heterocycles. The third kappa shape index (κ3) is 4.69. The molecule has 1 aliphatic carbocycles. The number of carbonyl (C=O) groups is 2. The molecule has 0 heterocycles. The van der Waals surface area contributed by atoms with E-state index in [0.717, 1.165) is 19.1 Å². The Hall–Kier alpha value is -1.16. The fraction of sp³-hybridized carbons (Fsp3) is 0.692. The van der Waals surface area contributed by atoms with Gasteiger partial charge < -0.3 is 15.0 Å². The zero-order chi connectivity index (χ0) is 12.7. The Bertz CT molecular complexity index is 285. The van der Waals surface area contributed by atoms with Gasteiger partial charge >= 0.3 is 5.97 Å². The summed E-state index contributed by atoms with van der Waals surface area (Å²) < 4.78 is 0. The fourth-order valence-corrected chi connectivity index (χ4v) is 2.32. The van der Waals surface area contributed by atoms with Crippen molar-refractivity contribution < 1.29 is 19.8 Å². The van der Waals surface area contributed by atoms with Crippen molar-refractivity contribution in [1.82, 2.24) is 0 Å². The van der Waals surface area contributed by atoms with Crippen molar-refractivity contribution in [3.05, 3.63) is 12.2 Å². The number of carboxylic acids is 1. The lowest BCUT2D eigenvalue weighted by Crippen LogP contribution is -2.19. The molecule has 17 heavy (non-hydrogen) atoms. The number of aliphatic hydroxyl groups is 1. The van der Waals surface area contributed by atoms with Crippen LogP contribution in [0.25, 0.3) is 0 Å². The van der Waals surface area contributed by atoms with Crippen LogP contribution in [0.15, 0.2) is 12.2 Å². The summed E-state index contributed by atoms with van der Waals surface area (Å²) in [5, 5.41) is 18.1. The van der Waals surface area contributed by atoms with Crippen molar-refractivity contribution in [3.63, 3.8) is 0 Å². The first-order valence-corrected chi connectivity index (χ1v) is 6.15. The van der Waals surface area contributed by atoms with E-state index in [-0.39, 0.29) is 24.4 Å². The van der Waals surface area contributed by atoms with Crippen LogP contribution in [0.5, 0.6) is 0 Å². The topological polar surface area (TPSA) is 74.6 Å². The predicted octanol–water partition coefficient (Wildman–Crippen LogP) is 1.77. The van der Waals surface area contributed by atoms with Crippen molar-refractivity contribution in [2.24, 2.45) is 11.8 Å². The molecule has 0 radical (unpaired) electrons. The highest BCUT2D eigenvalue weighted by atomic mass is 16.4. The Balaban J connectivity index is 2.22. The normalized spacial score (nSPS) is 28.6. The summed E-state index contributed by atoms with van der Waals surface area (Å²) in [6.45, 7) is 0. The molecule has 1 rings (SSSR count). The first-order chi connectivity index (χ1) is 8.15. The van der Waals surface area contributed by atoms with Crippen molar-refractivity contribution in [2.45, 2.75) is 44.6 Å². The lowest BCUT2D eigenvalue weighted by Gasteiger charge is -2.15. The summed E-state index contributed by atoms with van der Waals surface area (Å²) in [6.07, 6.45) is 8.23. The lowest BCUT2D eigenvalue weighted by molar-refractivity contribution is -0.137. The van der Waals surface area contributed by atoms with E-state index in [9.17, 15) is 14.7 Å². The van der Waals surface area contributed by atoms with Crippen LogP contribution >= 0.6 is 0 Å². The van der Waals surface area contributed by atoms with Gasteiger partial charge in [0.2, 0.25) is 0 Å². The maximum Gasteiger partial charge on any atom is 0.303 e. The number of aliphatic hydroxyl groups excluding tert-OH is 1. The van der Waals surface area contributed by atoms with Gasteiger partial charge in [0, 0.05) is 12.3 Å². The molecule has 0 bridgehead atoms. The first-order valence-electron chi connectivity index (χ1n) is 6.15. The van der Waals surface area contributed by atoms with Gasteiger partial charge in [-0.1, -0.05) is 12.2 Å². The number of unbranched alkanes of at least 4 members (excludes halogenated alkanes) is 1. The standard InChI is InChI=1S/C13H20O4/c14-9-10-7-8-12(15)11(10)5-3-1-2-4-6-13(16)17/h1,3,9-12,15H,2,4-8H2,(H,16,17)/b3-1-/t10-,11+,12-/m1/s1. The second-order valence-electron chi connectivity index (χ2n) is 4.60. The Morgan fingerprint density at radius 1 is 1.29 bits per heavy atom. The summed E-state index contributed by atoms with van der Waals surface area (Å²) in [5.41, 5.74) is 0. The van der Waals surface area contributed by atoms with Crippen molar-refractivity contribution in [2.75, 3.05) is 0 Å². The highest BCUT2D eigenvalue weighted by Crippen LogP contribution is 2.33. The van der Waals surface area contributed by atoms with Crippen LogP contribution in [0.2, 0.25) is 0 Å². The summed E-state index contributed by atoms with van der Waals surface area (Å²) in [6, 6.07) is 0. The number of carbonyl (C=O) groups excluding carboxylic acids is 1. The highest BCUT2D eigenvalue weighted by molar-refractivity contribution is 5.66. The molecule has 1 aliphatic rings. The van der Waals surface area contributed by atoms with Crippen molar-refractivity contribution in [3.8, 4) is 0 Å². The Morgan fingerprint density at radius 2 is 2.06 bits per heavy atom. The lowest BCUT2D eigenvalue weighted by atomic mass is 9.92. The molecule has 1 saturated carbocycles. The molecule has 2 N–H and O–H groups in total. The van der Waals surface area contributed by atoms with E-state index in [1.165, 1.54) is 0 Å². The van der Waals surface area contributed by atoms with Crippen LogP contribution in [0.4, 0.5) is 0 Å². The number of rotatable bonds is 7. The second kappa shape index (κ2) is 7.22. The van der Waals surface area contributed by atoms with Gasteiger partial charge in [-0.25, -0.2) is 0 Å². The third-order valence-corrected chi connectivity index (χ3v) is 3.35. The summed E-state index contributed by atoms with van der Waals surface area (Å²) in [5.74, 6) is -0.748. The number of hydrogen-bond donors (Lipinski definition) is 2. The molecule has 4 nitrogen and oxygen atoms in total. The molecule has 0 aliphatic heterocycles. The molecular weight excluding hydrogens is 220 g/mol. The molecule has 0 aromatic rings. The largest absolute Gasteiger partial charge is 0.481 e. The van der Waals surface area contributed by atoms with Gasteiger partial charge in [0.25, 0.3) is 0 Å². The molecular formula is C13H20O4. The van der Waals surface area contributed by atoms with Crippen LogP contribution < -0.4 is 0 Å². The second-order valence-corrected chi connectivity index (χ2v) is 4.60. The fourth-order valence-electron chi connectivity index (χ4n) is 2.32. The average Bonchev–Trinajstić information content (AvgIpc) is 2.64. The van der Waals surface area contributed by atoms with Gasteiger partial charge in [-0.2, -0.15) is 0 Å². The van der Waals surface area contributed by atoms with Gasteiger partial charge in [0.15, 0.2) is 0 Å². The molecule has 0 spiro atoms. The van der Waals surface area contributed by atoms with E-state index in [1.54, 1.807) is 0 Å². The van der Waals surface area contributed by atoms with Crippen molar-refractivity contribution in [1.29, 1.82) is 0 Å². The molecule has 0 aromatic heterocycles. The monoisotopic (exact) mass is 240 g/mol. The third-order valence-electron chi connectivity index (χ3n) is 3.35. The molecule has 0 unspecified atom stereocenters. The van der Waals surface area contributed by atoms with Crippen LogP contribution in [0.1, 0.15) is 38.5 Å². The van der Waals surface area contributed by atoms with E-state index < -0.39 is 5.97 Å². The zero-order valence-electron chi connectivity index (χ0n) is 9.92. The Kier molecular flexibility index (Phi) is 5.91. The summed E-state index contributed by atoms with van der Waals surface area (Å²) >= 11 is 0. The minimum atomic E-state index is -0.773. The summed E-state index contributed by atoms with van der Waals surface area (Å²) in [4.78, 5) is 21.0. The van der Waals surface area contributed by atoms with Crippen LogP contribution in [0, 0.1) is 11.8 Å². The van der Waals surface area contributed by atoms with Gasteiger partial charge in [-0.3, -0.25) is 4.79 Å². The smallest absolute Gasteiger partial charge is 0.303 e. The number of aliphatic carboxylic acids is 1. The minimum absolute atomic E-state index is 0.0198. The predicted molar refractivity (Wildman–Crippen MR) is 63.5 cm³/mol. The van der Waals surface area contributed by atoms with Crippen LogP contribution in [-0.2, 0) is 9.59 Å². The van der Waals surface area contributed by atoms with Gasteiger partial charge in [0.05, 0.1) is 6.10 Å². The van der Waals surface area contributed by atoms with E-state index >= 15 is 0 Å². The Morgan fingerprint density at radius 3 is 2.71 bits per heavy atom. The number of aldehydes is 1. The molecule has 1 fully saturated rings. The highest BCUT2D eigenvalue weighted by Gasteiger charge is 2.33.